The van der Waals surface area contributed by atoms with Crippen LogP contribution >= 0.6 is 0 Å². The molecule has 2 aromatic rings. The lowest BCUT2D eigenvalue weighted by atomic mass is 10.2. The zero-order chi connectivity index (χ0) is 21.6. The molecule has 0 atom stereocenters. The van der Waals surface area contributed by atoms with Gasteiger partial charge in [0.1, 0.15) is 6.61 Å². The van der Waals surface area contributed by atoms with E-state index in [0.717, 1.165) is 11.1 Å². The predicted octanol–water partition coefficient (Wildman–Crippen LogP) is 3.28. The Bertz CT molecular complexity index is 796. The Hall–Kier alpha value is -3.35. The van der Waals surface area contributed by atoms with Crippen molar-refractivity contribution in [3.05, 3.63) is 71.8 Å². The van der Waals surface area contributed by atoms with Crippen LogP contribution in [0.5, 0.6) is 0 Å². The second-order valence-electron chi connectivity index (χ2n) is 6.72. The van der Waals surface area contributed by atoms with Crippen LogP contribution in [0, 0.1) is 0 Å². The molecule has 2 aromatic carbocycles. The molecule has 0 heterocycles. The van der Waals surface area contributed by atoms with Crippen molar-refractivity contribution in [1.29, 1.82) is 0 Å². The number of hydrogen-bond donors (Lipinski definition) is 1. The van der Waals surface area contributed by atoms with Crippen molar-refractivity contribution in [2.24, 2.45) is 0 Å². The van der Waals surface area contributed by atoms with Crippen molar-refractivity contribution in [3.8, 4) is 0 Å². The third kappa shape index (κ3) is 8.77. The van der Waals surface area contributed by atoms with Gasteiger partial charge in [0.05, 0.1) is 13.5 Å². The molecule has 1 N–H and O–H groups in total. The third-order valence-corrected chi connectivity index (χ3v) is 4.43. The van der Waals surface area contributed by atoms with Gasteiger partial charge in [-0.1, -0.05) is 60.7 Å². The van der Waals surface area contributed by atoms with E-state index < -0.39 is 6.09 Å². The van der Waals surface area contributed by atoms with Crippen LogP contribution in [0.15, 0.2) is 60.7 Å². The second-order valence-corrected chi connectivity index (χ2v) is 6.72. The molecule has 0 bridgehead atoms. The summed E-state index contributed by atoms with van der Waals surface area (Å²) in [6.07, 6.45) is 0.354. The molecule has 0 spiro atoms. The van der Waals surface area contributed by atoms with Crippen molar-refractivity contribution >= 4 is 18.0 Å². The van der Waals surface area contributed by atoms with Gasteiger partial charge in [0.2, 0.25) is 5.91 Å². The molecule has 0 radical (unpaired) electrons. The Morgan fingerprint density at radius 3 is 2.17 bits per heavy atom. The quantitative estimate of drug-likeness (QED) is 0.452. The van der Waals surface area contributed by atoms with Crippen molar-refractivity contribution in [3.63, 3.8) is 0 Å². The molecule has 0 aliphatic carbocycles. The number of methoxy groups -OCH3 is 1. The summed E-state index contributed by atoms with van der Waals surface area (Å²) in [5.41, 5.74) is 1.89. The van der Waals surface area contributed by atoms with E-state index in [1.54, 1.807) is 4.90 Å². The number of hydrogen-bond acceptors (Lipinski definition) is 5. The highest BCUT2D eigenvalue weighted by atomic mass is 16.5. The van der Waals surface area contributed by atoms with Crippen LogP contribution in [0.25, 0.3) is 0 Å². The number of nitrogens with zero attached hydrogens (tertiary/aromatic N) is 1. The minimum atomic E-state index is -0.516. The maximum atomic E-state index is 12.6. The van der Waals surface area contributed by atoms with Gasteiger partial charge in [0.15, 0.2) is 0 Å². The van der Waals surface area contributed by atoms with E-state index in [2.05, 4.69) is 10.1 Å². The van der Waals surface area contributed by atoms with Crippen molar-refractivity contribution < 1.29 is 23.9 Å². The first kappa shape index (κ1) is 22.9. The highest BCUT2D eigenvalue weighted by molar-refractivity contribution is 5.77. The van der Waals surface area contributed by atoms with Gasteiger partial charge in [-0.05, 0) is 17.5 Å². The number of alkyl carbamates (subject to hydrolysis) is 1. The van der Waals surface area contributed by atoms with Gasteiger partial charge < -0.3 is 19.7 Å². The number of carbonyl (C=O) groups excluding carboxylic acids is 3. The molecule has 0 aliphatic heterocycles. The molecule has 0 saturated heterocycles. The number of carbonyl (C=O) groups is 3. The third-order valence-electron chi connectivity index (χ3n) is 4.43. The van der Waals surface area contributed by atoms with Gasteiger partial charge in [-0.15, -0.1) is 0 Å². The molecule has 0 aliphatic rings. The summed E-state index contributed by atoms with van der Waals surface area (Å²) in [6, 6.07) is 19.0. The molecule has 7 nitrogen and oxygen atoms in total. The van der Waals surface area contributed by atoms with Crippen LogP contribution < -0.4 is 5.32 Å². The Morgan fingerprint density at radius 1 is 0.900 bits per heavy atom. The van der Waals surface area contributed by atoms with Crippen LogP contribution in [0.3, 0.4) is 0 Å². The van der Waals surface area contributed by atoms with E-state index in [1.165, 1.54) is 7.11 Å². The maximum Gasteiger partial charge on any atom is 0.407 e. The van der Waals surface area contributed by atoms with Crippen LogP contribution in [-0.4, -0.2) is 43.1 Å². The SMILES string of the molecule is COC(=O)CCN(Cc1ccccc1)C(=O)CCCNC(=O)OCc1ccccc1. The molecule has 2 rings (SSSR count). The minimum Gasteiger partial charge on any atom is -0.469 e. The minimum absolute atomic E-state index is 0.0813. The highest BCUT2D eigenvalue weighted by Gasteiger charge is 2.16. The Kier molecular flexibility index (Phi) is 9.92. The standard InChI is InChI=1S/C23H28N2O5/c1-29-22(27)14-16-25(17-19-9-4-2-5-10-19)21(26)13-8-15-24-23(28)30-18-20-11-6-3-7-12-20/h2-7,9-12H,8,13-18H2,1H3,(H,24,28). The summed E-state index contributed by atoms with van der Waals surface area (Å²) < 4.78 is 9.81. The fourth-order valence-corrected chi connectivity index (χ4v) is 2.79. The van der Waals surface area contributed by atoms with E-state index in [-0.39, 0.29) is 37.9 Å². The van der Waals surface area contributed by atoms with Gasteiger partial charge in [0.25, 0.3) is 0 Å². The number of ether oxygens (including phenoxy) is 2. The average molecular weight is 412 g/mol. The summed E-state index contributed by atoms with van der Waals surface area (Å²) in [5, 5.41) is 2.65. The van der Waals surface area contributed by atoms with Crippen LogP contribution in [0.2, 0.25) is 0 Å². The number of benzene rings is 2. The molecule has 0 unspecified atom stereocenters. The van der Waals surface area contributed by atoms with Crippen molar-refractivity contribution in [2.75, 3.05) is 20.2 Å². The molecule has 160 valence electrons. The summed E-state index contributed by atoms with van der Waals surface area (Å²) in [7, 11) is 1.33. The number of amides is 2. The lowest BCUT2D eigenvalue weighted by Gasteiger charge is -2.22. The monoisotopic (exact) mass is 412 g/mol. The molecule has 0 saturated carbocycles. The van der Waals surface area contributed by atoms with Gasteiger partial charge in [0, 0.05) is 26.1 Å². The number of nitrogens with one attached hydrogen (secondary N) is 1. The van der Waals surface area contributed by atoms with Gasteiger partial charge in [-0.3, -0.25) is 9.59 Å². The maximum absolute atomic E-state index is 12.6. The van der Waals surface area contributed by atoms with E-state index in [1.807, 2.05) is 60.7 Å². The highest BCUT2D eigenvalue weighted by Crippen LogP contribution is 2.08. The van der Waals surface area contributed by atoms with Crippen molar-refractivity contribution in [1.82, 2.24) is 10.2 Å². The van der Waals surface area contributed by atoms with Gasteiger partial charge in [-0.2, -0.15) is 0 Å². The summed E-state index contributed by atoms with van der Waals surface area (Å²) >= 11 is 0. The van der Waals surface area contributed by atoms with Crippen molar-refractivity contribution in [2.45, 2.75) is 32.4 Å². The fraction of sp³-hybridized carbons (Fsp3) is 0.348. The smallest absolute Gasteiger partial charge is 0.407 e. The summed E-state index contributed by atoms with van der Waals surface area (Å²) in [5.74, 6) is -0.439. The Morgan fingerprint density at radius 2 is 1.53 bits per heavy atom. The molecule has 2 amide bonds. The molecule has 0 aromatic heterocycles. The first-order valence-corrected chi connectivity index (χ1v) is 9.91. The Labute approximate surface area is 177 Å². The first-order valence-electron chi connectivity index (χ1n) is 9.91. The molecular formula is C23H28N2O5. The normalized spacial score (nSPS) is 10.2. The van der Waals surface area contributed by atoms with Crippen LogP contribution in [-0.2, 0) is 32.2 Å². The Balaban J connectivity index is 1.74. The van der Waals surface area contributed by atoms with E-state index in [9.17, 15) is 14.4 Å². The predicted molar refractivity (Wildman–Crippen MR) is 112 cm³/mol. The molecular weight excluding hydrogens is 384 g/mol. The molecule has 7 heteroatoms. The second kappa shape index (κ2) is 13.0. The summed E-state index contributed by atoms with van der Waals surface area (Å²) in [4.78, 5) is 37.5. The molecule has 0 fully saturated rings. The lowest BCUT2D eigenvalue weighted by molar-refractivity contribution is -0.142. The van der Waals surface area contributed by atoms with Crippen LogP contribution in [0.4, 0.5) is 4.79 Å². The van der Waals surface area contributed by atoms with E-state index in [0.29, 0.717) is 19.5 Å². The number of esters is 1. The topological polar surface area (TPSA) is 84.9 Å². The zero-order valence-corrected chi connectivity index (χ0v) is 17.2. The summed E-state index contributed by atoms with van der Waals surface area (Å²) in [6.45, 7) is 1.23. The van der Waals surface area contributed by atoms with E-state index >= 15 is 0 Å². The number of rotatable bonds is 11. The average Bonchev–Trinajstić information content (AvgIpc) is 2.79. The molecule has 30 heavy (non-hydrogen) atoms. The van der Waals surface area contributed by atoms with Gasteiger partial charge >= 0.3 is 12.1 Å². The largest absolute Gasteiger partial charge is 0.469 e. The lowest BCUT2D eigenvalue weighted by Crippen LogP contribution is -2.33. The fourth-order valence-electron chi connectivity index (χ4n) is 2.79. The zero-order valence-electron chi connectivity index (χ0n) is 17.2. The first-order chi connectivity index (χ1) is 14.6. The van der Waals surface area contributed by atoms with Gasteiger partial charge in [-0.25, -0.2) is 4.79 Å². The van der Waals surface area contributed by atoms with Crippen LogP contribution in [0.1, 0.15) is 30.4 Å². The van der Waals surface area contributed by atoms with E-state index in [4.69, 9.17) is 4.74 Å².